The highest BCUT2D eigenvalue weighted by Crippen LogP contribution is 2.49. The van der Waals surface area contributed by atoms with Crippen molar-refractivity contribution in [2.75, 3.05) is 0 Å². The molecule has 0 aromatic heterocycles. The van der Waals surface area contributed by atoms with E-state index in [0.29, 0.717) is 25.7 Å². The fourth-order valence-corrected chi connectivity index (χ4v) is 6.61. The van der Waals surface area contributed by atoms with Gasteiger partial charge in [-0.15, -0.1) is 0 Å². The molecule has 7 nitrogen and oxygen atoms in total. The first-order valence-corrected chi connectivity index (χ1v) is 16.6. The normalized spacial score (nSPS) is 11.9. The van der Waals surface area contributed by atoms with Crippen molar-refractivity contribution in [3.63, 3.8) is 0 Å². The Labute approximate surface area is 293 Å². The summed E-state index contributed by atoms with van der Waals surface area (Å²) in [5, 5.41) is 24.4. The van der Waals surface area contributed by atoms with Gasteiger partial charge >= 0.3 is 12.4 Å². The van der Waals surface area contributed by atoms with Gasteiger partial charge in [-0.1, -0.05) is 70.7 Å². The average Bonchev–Trinajstić information content (AvgIpc) is 3.01. The van der Waals surface area contributed by atoms with E-state index in [4.69, 9.17) is 4.74 Å². The summed E-state index contributed by atoms with van der Waals surface area (Å²) in [6.07, 6.45) is -6.80. The van der Waals surface area contributed by atoms with Crippen LogP contribution in [0.5, 0.6) is 11.5 Å². The third kappa shape index (κ3) is 8.43. The molecule has 0 fully saturated rings. The van der Waals surface area contributed by atoms with Crippen LogP contribution in [0.15, 0.2) is 69.6 Å². The lowest BCUT2D eigenvalue weighted by Gasteiger charge is -2.21. The molecule has 0 atom stereocenters. The van der Waals surface area contributed by atoms with Gasteiger partial charge in [0.05, 0.1) is 21.0 Å². The largest absolute Gasteiger partial charge is 0.456 e. The number of ether oxygens (including phenoxy) is 1. The van der Waals surface area contributed by atoms with Gasteiger partial charge in [0.1, 0.15) is 11.5 Å². The van der Waals surface area contributed by atoms with Crippen molar-refractivity contribution >= 4 is 43.2 Å². The molecule has 4 aromatic carbocycles. The van der Waals surface area contributed by atoms with E-state index in [1.165, 1.54) is 36.4 Å². The maximum absolute atomic E-state index is 13.6. The molecule has 0 amide bonds. The number of hydrogen-bond donors (Lipinski definition) is 0. The number of nitrogens with zero attached hydrogens (tertiary/aromatic N) is 2. The lowest BCUT2D eigenvalue weighted by atomic mass is 9.92. The van der Waals surface area contributed by atoms with Crippen molar-refractivity contribution in [1.82, 2.24) is 0 Å². The highest BCUT2D eigenvalue weighted by molar-refractivity contribution is 9.11. The summed E-state index contributed by atoms with van der Waals surface area (Å²) in [6.45, 7) is 3.73. The number of halogens is 8. The van der Waals surface area contributed by atoms with E-state index < -0.39 is 33.3 Å². The van der Waals surface area contributed by atoms with E-state index >= 15 is 0 Å². The molecule has 0 saturated carbocycles. The molecule has 0 unspecified atom stereocenters. The zero-order chi connectivity index (χ0) is 36.3. The van der Waals surface area contributed by atoms with Crippen molar-refractivity contribution < 1.29 is 40.9 Å². The van der Waals surface area contributed by atoms with E-state index in [1.807, 2.05) is 13.8 Å². The molecule has 0 heterocycles. The molecular formula is C34H28Br2F6N2O5. The fourth-order valence-electron chi connectivity index (χ4n) is 5.45. The first-order chi connectivity index (χ1) is 23.0. The highest BCUT2D eigenvalue weighted by Gasteiger charge is 2.34. The van der Waals surface area contributed by atoms with Crippen molar-refractivity contribution in [2.24, 2.45) is 0 Å². The van der Waals surface area contributed by atoms with Gasteiger partial charge in [0.2, 0.25) is 0 Å². The monoisotopic (exact) mass is 816 g/mol. The van der Waals surface area contributed by atoms with Gasteiger partial charge in [0.15, 0.2) is 0 Å². The van der Waals surface area contributed by atoms with Crippen molar-refractivity contribution in [2.45, 2.75) is 64.7 Å². The van der Waals surface area contributed by atoms with Crippen LogP contribution in [-0.2, 0) is 25.2 Å². The molecule has 0 spiro atoms. The van der Waals surface area contributed by atoms with Crippen molar-refractivity contribution in [3.05, 3.63) is 112 Å². The van der Waals surface area contributed by atoms with Gasteiger partial charge in [0.25, 0.3) is 11.4 Å². The second-order valence-corrected chi connectivity index (χ2v) is 12.8. The fraction of sp³-hybridized carbons (Fsp3) is 0.294. The summed E-state index contributed by atoms with van der Waals surface area (Å²) in [5.41, 5.74) is -1.57. The zero-order valence-corrected chi connectivity index (χ0v) is 29.1. The lowest BCUT2D eigenvalue weighted by Crippen LogP contribution is -2.07. The summed E-state index contributed by atoms with van der Waals surface area (Å²) in [6, 6.07) is 10.7. The van der Waals surface area contributed by atoms with E-state index in [0.717, 1.165) is 24.3 Å². The number of hydrogen-bond acceptors (Lipinski definition) is 5. The Bertz CT molecular complexity index is 1760. The predicted molar refractivity (Wildman–Crippen MR) is 180 cm³/mol. The third-order valence-electron chi connectivity index (χ3n) is 7.81. The summed E-state index contributed by atoms with van der Waals surface area (Å²) in [4.78, 5) is 23.2. The molecule has 0 aliphatic rings. The molecule has 4 aromatic rings. The first-order valence-electron chi connectivity index (χ1n) is 15.0. The van der Waals surface area contributed by atoms with Crippen LogP contribution in [0.4, 0.5) is 37.7 Å². The molecule has 0 bridgehead atoms. The molecule has 0 N–H and O–H groups in total. The SMILES string of the molecule is CCCCc1c([N+](=O)[O-])ccc(Oc2ccc([N+](=O)[O-])c(CCCC)c2-c2ccc(C(F)(F)F)cc2Br)c1-c1ccc(C(F)(F)F)cc1Br. The molecule has 0 aliphatic heterocycles. The van der Waals surface area contributed by atoms with Crippen LogP contribution >= 0.6 is 31.9 Å². The number of benzene rings is 4. The molecule has 0 saturated heterocycles. The maximum Gasteiger partial charge on any atom is 0.416 e. The quantitative estimate of drug-likeness (QED) is 0.0806. The van der Waals surface area contributed by atoms with Crippen LogP contribution in [0.1, 0.15) is 61.8 Å². The molecule has 15 heteroatoms. The van der Waals surface area contributed by atoms with Crippen LogP contribution < -0.4 is 4.74 Å². The third-order valence-corrected chi connectivity index (χ3v) is 9.12. The van der Waals surface area contributed by atoms with Crippen molar-refractivity contribution in [3.8, 4) is 33.8 Å². The van der Waals surface area contributed by atoms with E-state index in [2.05, 4.69) is 31.9 Å². The minimum Gasteiger partial charge on any atom is -0.456 e. The second kappa shape index (κ2) is 15.3. The Morgan fingerprint density at radius 1 is 0.633 bits per heavy atom. The predicted octanol–water partition coefficient (Wildman–Crippen LogP) is 12.9. The minimum atomic E-state index is -4.67. The Kier molecular flexibility index (Phi) is 11.8. The van der Waals surface area contributed by atoms with Gasteiger partial charge in [-0.3, -0.25) is 20.2 Å². The van der Waals surface area contributed by atoms with Crippen LogP contribution in [0.2, 0.25) is 0 Å². The van der Waals surface area contributed by atoms with E-state index in [9.17, 15) is 46.6 Å². The number of rotatable bonds is 12. The molecule has 4 rings (SSSR count). The summed E-state index contributed by atoms with van der Waals surface area (Å²) >= 11 is 6.42. The Morgan fingerprint density at radius 2 is 1.00 bits per heavy atom. The second-order valence-electron chi connectivity index (χ2n) is 11.1. The Hall–Kier alpha value is -3.98. The summed E-state index contributed by atoms with van der Waals surface area (Å²) in [5.74, 6) is -0.0338. The molecule has 0 radical (unpaired) electrons. The number of nitro groups is 2. The average molecular weight is 818 g/mol. The van der Waals surface area contributed by atoms with Gasteiger partial charge < -0.3 is 4.74 Å². The van der Waals surface area contributed by atoms with Gasteiger partial charge in [-0.25, -0.2) is 0 Å². The van der Waals surface area contributed by atoms with Gasteiger partial charge in [-0.05, 0) is 62.1 Å². The lowest BCUT2D eigenvalue weighted by molar-refractivity contribution is -0.385. The minimum absolute atomic E-state index is 0.0169. The Morgan fingerprint density at radius 3 is 1.29 bits per heavy atom. The topological polar surface area (TPSA) is 95.5 Å². The van der Waals surface area contributed by atoms with E-state index in [-0.39, 0.29) is 78.0 Å². The van der Waals surface area contributed by atoms with Gasteiger partial charge in [-0.2, -0.15) is 26.3 Å². The highest BCUT2D eigenvalue weighted by atomic mass is 79.9. The molecule has 49 heavy (non-hydrogen) atoms. The number of nitro benzene ring substituents is 2. The maximum atomic E-state index is 13.6. The zero-order valence-electron chi connectivity index (χ0n) is 26.0. The molecule has 260 valence electrons. The standard InChI is InChI=1S/C34H28Br2F6N2O5/c1-3-5-7-23-27(43(45)46)13-15-29(31(23)21-11-9-19(17-25(21)35)33(37,38)39)49-30-16-14-28(44(47)48)24(8-6-4-2)32(30)22-12-10-20(18-26(22)36)34(40,41)42/h9-18H,3-8H2,1-2H3. The smallest absolute Gasteiger partial charge is 0.416 e. The first kappa shape index (κ1) is 37.8. The molecule has 0 aliphatic carbocycles. The number of unbranched alkanes of at least 4 members (excludes halogenated alkanes) is 2. The van der Waals surface area contributed by atoms with Crippen LogP contribution in [0.25, 0.3) is 22.3 Å². The van der Waals surface area contributed by atoms with Crippen LogP contribution in [0.3, 0.4) is 0 Å². The van der Waals surface area contributed by atoms with Gasteiger partial charge in [0, 0.05) is 54.5 Å². The summed E-state index contributed by atoms with van der Waals surface area (Å²) < 4.78 is 87.9. The number of alkyl halides is 6. The van der Waals surface area contributed by atoms with Crippen molar-refractivity contribution in [1.29, 1.82) is 0 Å². The van der Waals surface area contributed by atoms with E-state index in [1.54, 1.807) is 0 Å². The summed E-state index contributed by atoms with van der Waals surface area (Å²) in [7, 11) is 0. The van der Waals surface area contributed by atoms with Crippen LogP contribution in [-0.4, -0.2) is 9.85 Å². The Balaban J connectivity index is 2.07. The van der Waals surface area contributed by atoms with Crippen LogP contribution in [0, 0.1) is 20.2 Å². The molecular weight excluding hydrogens is 790 g/mol.